The van der Waals surface area contributed by atoms with Gasteiger partial charge in [0.2, 0.25) is 6.79 Å². The van der Waals surface area contributed by atoms with Crippen LogP contribution in [0.5, 0.6) is 11.5 Å². The minimum Gasteiger partial charge on any atom is -0.454 e. The molecule has 7 heteroatoms. The molecule has 1 heterocycles. The number of amidine groups is 1. The van der Waals surface area contributed by atoms with Crippen LogP contribution in [0.3, 0.4) is 0 Å². The zero-order chi connectivity index (χ0) is 16.7. The van der Waals surface area contributed by atoms with Crippen molar-refractivity contribution in [3.63, 3.8) is 0 Å². The smallest absolute Gasteiger partial charge is 0.252 e. The van der Waals surface area contributed by atoms with E-state index in [1.54, 1.807) is 23.9 Å². The largest absolute Gasteiger partial charge is 0.454 e. The average molecular weight is 333 g/mol. The summed E-state index contributed by atoms with van der Waals surface area (Å²) in [7, 11) is 0. The highest BCUT2D eigenvalue weighted by molar-refractivity contribution is 7.98. The summed E-state index contributed by atoms with van der Waals surface area (Å²) in [4.78, 5) is 13.7. The fraction of sp³-hybridized carbons (Fsp3) is 0.250. The lowest BCUT2D eigenvalue weighted by molar-refractivity contribution is -0.122. The van der Waals surface area contributed by atoms with Crippen molar-refractivity contribution in [2.75, 3.05) is 25.3 Å². The van der Waals surface area contributed by atoms with E-state index in [1.165, 1.54) is 23.3 Å². The van der Waals surface area contributed by atoms with E-state index in [1.807, 2.05) is 18.4 Å². The Morgan fingerprint density at radius 1 is 1.39 bits per heavy atom. The SMILES string of the molecule is CSCCN(C(=N)/C=C\N)C(=O)/C=C/c1ccc2c(c1)OCO2. The van der Waals surface area contributed by atoms with Gasteiger partial charge in [0.25, 0.3) is 5.91 Å². The summed E-state index contributed by atoms with van der Waals surface area (Å²) in [6, 6.07) is 5.45. The number of benzene rings is 1. The summed E-state index contributed by atoms with van der Waals surface area (Å²) in [6.45, 7) is 0.668. The van der Waals surface area contributed by atoms with Crippen molar-refractivity contribution in [1.82, 2.24) is 4.90 Å². The molecule has 2 rings (SSSR count). The van der Waals surface area contributed by atoms with Crippen molar-refractivity contribution in [1.29, 1.82) is 5.41 Å². The standard InChI is InChI=1S/C16H19N3O3S/c1-23-9-8-19(15(18)6-7-17)16(20)5-3-12-2-4-13-14(10-12)22-11-21-13/h2-7,10,18H,8-9,11,17H2,1H3/b5-3+,7-6-,18-15?. The predicted molar refractivity (Wildman–Crippen MR) is 92.7 cm³/mol. The van der Waals surface area contributed by atoms with Gasteiger partial charge >= 0.3 is 0 Å². The number of hydrogen-bond acceptors (Lipinski definition) is 6. The molecule has 1 aromatic rings. The third-order valence-electron chi connectivity index (χ3n) is 3.14. The van der Waals surface area contributed by atoms with Crippen molar-refractivity contribution in [2.45, 2.75) is 0 Å². The number of hydrogen-bond donors (Lipinski definition) is 2. The number of nitrogens with zero attached hydrogens (tertiary/aromatic N) is 1. The van der Waals surface area contributed by atoms with E-state index in [2.05, 4.69) is 0 Å². The van der Waals surface area contributed by atoms with Crippen LogP contribution in [-0.2, 0) is 4.79 Å². The summed E-state index contributed by atoms with van der Waals surface area (Å²) in [5, 5.41) is 7.90. The van der Waals surface area contributed by atoms with E-state index in [4.69, 9.17) is 20.6 Å². The number of amides is 1. The number of nitrogens with one attached hydrogen (secondary N) is 1. The van der Waals surface area contributed by atoms with E-state index in [0.717, 1.165) is 11.3 Å². The topological polar surface area (TPSA) is 88.6 Å². The maximum atomic E-state index is 12.3. The molecule has 1 aliphatic rings. The maximum absolute atomic E-state index is 12.3. The Balaban J connectivity index is 2.08. The quantitative estimate of drug-likeness (QED) is 0.473. The molecule has 1 aromatic carbocycles. The zero-order valence-electron chi connectivity index (χ0n) is 12.8. The molecule has 0 saturated heterocycles. The van der Waals surface area contributed by atoms with Gasteiger partial charge < -0.3 is 15.2 Å². The summed E-state index contributed by atoms with van der Waals surface area (Å²) < 4.78 is 10.6. The van der Waals surface area contributed by atoms with Gasteiger partial charge in [-0.25, -0.2) is 0 Å². The fourth-order valence-electron chi connectivity index (χ4n) is 1.99. The molecule has 0 saturated carbocycles. The van der Waals surface area contributed by atoms with Gasteiger partial charge in [-0.05, 0) is 42.3 Å². The van der Waals surface area contributed by atoms with Gasteiger partial charge in [-0.1, -0.05) is 6.07 Å². The molecule has 0 bridgehead atoms. The predicted octanol–water partition coefficient (Wildman–Crippen LogP) is 2.07. The number of rotatable bonds is 6. The Labute approximate surface area is 139 Å². The van der Waals surface area contributed by atoms with E-state index in [9.17, 15) is 4.79 Å². The van der Waals surface area contributed by atoms with Gasteiger partial charge in [0.1, 0.15) is 5.84 Å². The van der Waals surface area contributed by atoms with Crippen LogP contribution in [0, 0.1) is 5.41 Å². The lowest BCUT2D eigenvalue weighted by atomic mass is 10.2. The second-order valence-corrected chi connectivity index (χ2v) is 5.66. The summed E-state index contributed by atoms with van der Waals surface area (Å²) >= 11 is 1.61. The third kappa shape index (κ3) is 4.53. The second kappa shape index (κ2) is 8.28. The van der Waals surface area contributed by atoms with E-state index in [-0.39, 0.29) is 18.5 Å². The molecule has 1 aliphatic heterocycles. The normalized spacial score (nSPS) is 12.9. The molecule has 0 fully saturated rings. The molecular weight excluding hydrogens is 314 g/mol. The van der Waals surface area contributed by atoms with Crippen molar-refractivity contribution in [3.8, 4) is 11.5 Å². The summed E-state index contributed by atoms with van der Waals surface area (Å²) in [5.41, 5.74) is 6.13. The molecule has 3 N–H and O–H groups in total. The summed E-state index contributed by atoms with van der Waals surface area (Å²) in [6.07, 6.45) is 7.73. The van der Waals surface area contributed by atoms with E-state index in [0.29, 0.717) is 18.0 Å². The number of fused-ring (bicyclic) bond motifs is 1. The average Bonchev–Trinajstić information content (AvgIpc) is 3.01. The van der Waals surface area contributed by atoms with Crippen LogP contribution in [-0.4, -0.2) is 42.0 Å². The number of thioether (sulfide) groups is 1. The number of nitrogens with two attached hydrogens (primary N) is 1. The van der Waals surface area contributed by atoms with E-state index >= 15 is 0 Å². The molecule has 0 atom stereocenters. The van der Waals surface area contributed by atoms with Gasteiger partial charge in [-0.3, -0.25) is 15.1 Å². The molecule has 122 valence electrons. The van der Waals surface area contributed by atoms with Gasteiger partial charge in [-0.2, -0.15) is 11.8 Å². The Morgan fingerprint density at radius 2 is 2.17 bits per heavy atom. The van der Waals surface area contributed by atoms with Crippen molar-refractivity contribution < 1.29 is 14.3 Å². The first-order valence-electron chi connectivity index (χ1n) is 7.00. The molecule has 6 nitrogen and oxygen atoms in total. The van der Waals surface area contributed by atoms with Crippen LogP contribution in [0.15, 0.2) is 36.6 Å². The zero-order valence-corrected chi connectivity index (χ0v) is 13.6. The first-order valence-corrected chi connectivity index (χ1v) is 8.40. The Kier molecular flexibility index (Phi) is 6.10. The molecule has 1 amide bonds. The molecule has 0 spiro atoms. The highest BCUT2D eigenvalue weighted by atomic mass is 32.2. The number of carbonyl (C=O) groups excluding carboxylic acids is 1. The van der Waals surface area contributed by atoms with Crippen LogP contribution < -0.4 is 15.2 Å². The molecular formula is C16H19N3O3S. The fourth-order valence-corrected chi connectivity index (χ4v) is 2.35. The Hall–Kier alpha value is -2.41. The lowest BCUT2D eigenvalue weighted by Crippen LogP contribution is -2.36. The van der Waals surface area contributed by atoms with Crippen LogP contribution in [0.4, 0.5) is 0 Å². The number of ether oxygens (including phenoxy) is 2. The molecule has 0 radical (unpaired) electrons. The van der Waals surface area contributed by atoms with Gasteiger partial charge in [0, 0.05) is 18.4 Å². The van der Waals surface area contributed by atoms with Crippen LogP contribution in [0.2, 0.25) is 0 Å². The third-order valence-corrected chi connectivity index (χ3v) is 3.74. The van der Waals surface area contributed by atoms with Gasteiger partial charge in [0.05, 0.1) is 0 Å². The molecule has 0 unspecified atom stereocenters. The van der Waals surface area contributed by atoms with Crippen molar-refractivity contribution >= 4 is 29.6 Å². The van der Waals surface area contributed by atoms with Crippen molar-refractivity contribution in [3.05, 3.63) is 42.1 Å². The van der Waals surface area contributed by atoms with Crippen LogP contribution >= 0.6 is 11.8 Å². The van der Waals surface area contributed by atoms with Gasteiger partial charge in [0.15, 0.2) is 11.5 Å². The molecule has 23 heavy (non-hydrogen) atoms. The molecule has 0 aromatic heterocycles. The molecule has 0 aliphatic carbocycles. The van der Waals surface area contributed by atoms with Crippen molar-refractivity contribution in [2.24, 2.45) is 5.73 Å². The van der Waals surface area contributed by atoms with E-state index < -0.39 is 0 Å². The second-order valence-electron chi connectivity index (χ2n) is 4.67. The first kappa shape index (κ1) is 17.0. The lowest BCUT2D eigenvalue weighted by Gasteiger charge is -2.19. The maximum Gasteiger partial charge on any atom is 0.252 e. The first-order chi connectivity index (χ1) is 11.2. The van der Waals surface area contributed by atoms with Gasteiger partial charge in [-0.15, -0.1) is 0 Å². The minimum absolute atomic E-state index is 0.0712. The summed E-state index contributed by atoms with van der Waals surface area (Å²) in [5.74, 6) is 1.91. The monoisotopic (exact) mass is 333 g/mol. The Morgan fingerprint density at radius 3 is 2.91 bits per heavy atom. The number of carbonyl (C=O) groups is 1. The minimum atomic E-state index is -0.264. The highest BCUT2D eigenvalue weighted by Crippen LogP contribution is 2.32. The van der Waals surface area contributed by atoms with Crippen LogP contribution in [0.25, 0.3) is 6.08 Å². The Bertz CT molecular complexity index is 643. The van der Waals surface area contributed by atoms with Crippen LogP contribution in [0.1, 0.15) is 5.56 Å². The highest BCUT2D eigenvalue weighted by Gasteiger charge is 2.15.